The minimum atomic E-state index is -0.812. The zero-order valence-corrected chi connectivity index (χ0v) is 14.2. The van der Waals surface area contributed by atoms with Crippen molar-refractivity contribution in [3.8, 4) is 0 Å². The van der Waals surface area contributed by atoms with Gasteiger partial charge >= 0.3 is 5.97 Å². The maximum atomic E-state index is 12.0. The average Bonchev–Trinajstić information content (AvgIpc) is 3.03. The number of nitrogens with zero attached hydrogens (tertiary/aromatic N) is 4. The molecule has 24 heavy (non-hydrogen) atoms. The zero-order chi connectivity index (χ0) is 17.1. The van der Waals surface area contributed by atoms with Crippen molar-refractivity contribution in [1.82, 2.24) is 19.6 Å². The van der Waals surface area contributed by atoms with Gasteiger partial charge in [-0.25, -0.2) is 0 Å². The van der Waals surface area contributed by atoms with Crippen molar-refractivity contribution in [1.29, 1.82) is 0 Å². The predicted molar refractivity (Wildman–Crippen MR) is 86.3 cm³/mol. The van der Waals surface area contributed by atoms with Crippen molar-refractivity contribution in [2.24, 2.45) is 18.4 Å². The second-order valence-electron chi connectivity index (χ2n) is 7.68. The first-order chi connectivity index (χ1) is 11.4. The van der Waals surface area contributed by atoms with Crippen LogP contribution in [-0.2, 0) is 23.2 Å². The van der Waals surface area contributed by atoms with Gasteiger partial charge in [0.1, 0.15) is 5.41 Å². The summed E-state index contributed by atoms with van der Waals surface area (Å²) in [7, 11) is 1.99. The van der Waals surface area contributed by atoms with Crippen molar-refractivity contribution < 1.29 is 14.7 Å². The Morgan fingerprint density at radius 3 is 2.67 bits per heavy atom. The number of hydrogen-bond donors (Lipinski definition) is 1. The van der Waals surface area contributed by atoms with Crippen molar-refractivity contribution in [2.75, 3.05) is 26.2 Å². The Labute approximate surface area is 141 Å². The van der Waals surface area contributed by atoms with E-state index in [1.807, 2.05) is 17.9 Å². The molecule has 4 rings (SSSR count). The van der Waals surface area contributed by atoms with Gasteiger partial charge in [-0.15, -0.1) is 0 Å². The molecular formula is C17H24N4O3. The van der Waals surface area contributed by atoms with Crippen LogP contribution < -0.4 is 0 Å². The number of rotatable bonds is 4. The molecule has 1 aliphatic carbocycles. The lowest BCUT2D eigenvalue weighted by Crippen LogP contribution is -2.41. The first kappa shape index (κ1) is 15.6. The normalized spacial score (nSPS) is 29.9. The summed E-state index contributed by atoms with van der Waals surface area (Å²) < 4.78 is 1.97. The molecule has 2 aliphatic heterocycles. The summed E-state index contributed by atoms with van der Waals surface area (Å²) in [6.07, 6.45) is 4.38. The summed E-state index contributed by atoms with van der Waals surface area (Å²) in [6.45, 7) is 4.41. The van der Waals surface area contributed by atoms with Gasteiger partial charge in [0.2, 0.25) is 5.91 Å². The lowest BCUT2D eigenvalue weighted by Gasteiger charge is -2.25. The van der Waals surface area contributed by atoms with Crippen molar-refractivity contribution in [3.63, 3.8) is 0 Å². The van der Waals surface area contributed by atoms with Crippen LogP contribution in [0.3, 0.4) is 0 Å². The molecular weight excluding hydrogens is 308 g/mol. The van der Waals surface area contributed by atoms with Gasteiger partial charge in [0.25, 0.3) is 0 Å². The van der Waals surface area contributed by atoms with E-state index >= 15 is 0 Å². The molecule has 0 unspecified atom stereocenters. The van der Waals surface area contributed by atoms with E-state index in [0.717, 1.165) is 13.1 Å². The number of fused-ring (bicyclic) bond motifs is 1. The summed E-state index contributed by atoms with van der Waals surface area (Å²) in [5.74, 6) is -0.164. The molecule has 1 amide bonds. The lowest BCUT2D eigenvalue weighted by molar-refractivity contribution is -0.149. The Balaban J connectivity index is 1.52. The smallest absolute Gasteiger partial charge is 0.313 e. The van der Waals surface area contributed by atoms with Crippen molar-refractivity contribution in [3.05, 3.63) is 17.5 Å². The number of likely N-dealkylation sites (tertiary alicyclic amines) is 2. The molecule has 130 valence electrons. The van der Waals surface area contributed by atoms with E-state index in [-0.39, 0.29) is 11.8 Å². The SMILES string of the molecule is CC(=O)N1C[C@@H]2CN(Cc3cnn(C)c3C3CC3)C[C@]2(C(=O)O)C1. The summed E-state index contributed by atoms with van der Waals surface area (Å²) in [5.41, 5.74) is 1.72. The Kier molecular flexibility index (Phi) is 3.46. The highest BCUT2D eigenvalue weighted by atomic mass is 16.4. The van der Waals surface area contributed by atoms with E-state index in [1.165, 1.54) is 31.0 Å². The summed E-state index contributed by atoms with van der Waals surface area (Å²) in [5, 5.41) is 14.2. The topological polar surface area (TPSA) is 78.7 Å². The number of carbonyl (C=O) groups excluding carboxylic acids is 1. The van der Waals surface area contributed by atoms with E-state index in [1.54, 1.807) is 4.90 Å². The number of hydrogen-bond acceptors (Lipinski definition) is 4. The molecule has 3 fully saturated rings. The van der Waals surface area contributed by atoms with Crippen LogP contribution in [0.1, 0.15) is 36.9 Å². The zero-order valence-electron chi connectivity index (χ0n) is 14.2. The van der Waals surface area contributed by atoms with Gasteiger partial charge in [0.05, 0.1) is 6.20 Å². The lowest BCUT2D eigenvalue weighted by atomic mass is 9.81. The molecule has 7 heteroatoms. The third-order valence-electron chi connectivity index (χ3n) is 5.97. The monoisotopic (exact) mass is 332 g/mol. The van der Waals surface area contributed by atoms with Gasteiger partial charge in [0, 0.05) is 69.8 Å². The molecule has 0 bridgehead atoms. The standard InChI is InChI=1S/C17H24N4O3/c1-11(22)21-8-14-7-20(9-17(14,10-21)16(23)24)6-13-5-18-19(2)15(13)12-3-4-12/h5,12,14H,3-4,6-10H2,1-2H3,(H,23,24)/t14-,17-/m0/s1. The first-order valence-electron chi connectivity index (χ1n) is 8.63. The second-order valence-corrected chi connectivity index (χ2v) is 7.68. The third-order valence-corrected chi connectivity index (χ3v) is 5.97. The van der Waals surface area contributed by atoms with Crippen molar-refractivity contribution >= 4 is 11.9 Å². The Morgan fingerprint density at radius 2 is 2.08 bits per heavy atom. The molecule has 0 spiro atoms. The number of amides is 1. The number of aromatic nitrogens is 2. The molecule has 7 nitrogen and oxygen atoms in total. The average molecular weight is 332 g/mol. The highest BCUT2D eigenvalue weighted by molar-refractivity contribution is 5.80. The molecule has 2 atom stereocenters. The predicted octanol–water partition coefficient (Wildman–Crippen LogP) is 0.662. The third kappa shape index (κ3) is 2.33. The molecule has 0 radical (unpaired) electrons. The number of aryl methyl sites for hydroxylation is 1. The van der Waals surface area contributed by atoms with Gasteiger partial charge in [-0.1, -0.05) is 0 Å². The quantitative estimate of drug-likeness (QED) is 0.876. The first-order valence-corrected chi connectivity index (χ1v) is 8.63. The van der Waals surface area contributed by atoms with E-state index in [2.05, 4.69) is 10.00 Å². The van der Waals surface area contributed by atoms with E-state index in [4.69, 9.17) is 0 Å². The molecule has 1 aromatic rings. The molecule has 3 heterocycles. The van der Waals surface area contributed by atoms with Gasteiger partial charge in [-0.3, -0.25) is 19.2 Å². The van der Waals surface area contributed by atoms with Gasteiger partial charge in [-0.2, -0.15) is 5.10 Å². The summed E-state index contributed by atoms with van der Waals surface area (Å²) in [4.78, 5) is 27.6. The van der Waals surface area contributed by atoms with Crippen molar-refractivity contribution in [2.45, 2.75) is 32.2 Å². The highest BCUT2D eigenvalue weighted by Gasteiger charge is 2.58. The molecule has 2 saturated heterocycles. The van der Waals surface area contributed by atoms with Crippen LogP contribution in [0.4, 0.5) is 0 Å². The molecule has 0 aromatic carbocycles. The maximum Gasteiger partial charge on any atom is 0.313 e. The largest absolute Gasteiger partial charge is 0.481 e. The van der Waals surface area contributed by atoms with E-state index in [0.29, 0.717) is 25.6 Å². The Hall–Kier alpha value is -1.89. The fraction of sp³-hybridized carbons (Fsp3) is 0.706. The summed E-state index contributed by atoms with van der Waals surface area (Å²) in [6, 6.07) is 0. The molecule has 1 N–H and O–H groups in total. The molecule has 1 aromatic heterocycles. The number of carbonyl (C=O) groups is 2. The minimum Gasteiger partial charge on any atom is -0.481 e. The van der Waals surface area contributed by atoms with Crippen LogP contribution in [-0.4, -0.2) is 62.7 Å². The number of aliphatic carboxylic acids is 1. The van der Waals surface area contributed by atoms with Crippen LogP contribution in [0.2, 0.25) is 0 Å². The van der Waals surface area contributed by atoms with Gasteiger partial charge in [0.15, 0.2) is 0 Å². The van der Waals surface area contributed by atoms with Gasteiger partial charge < -0.3 is 10.0 Å². The maximum absolute atomic E-state index is 12.0. The fourth-order valence-corrected chi connectivity index (χ4v) is 4.57. The number of carboxylic acids is 1. The highest BCUT2D eigenvalue weighted by Crippen LogP contribution is 2.45. The number of carboxylic acid groups (broad SMARTS) is 1. The van der Waals surface area contributed by atoms with Crippen LogP contribution in [0.25, 0.3) is 0 Å². The fourth-order valence-electron chi connectivity index (χ4n) is 4.57. The molecule has 3 aliphatic rings. The van der Waals surface area contributed by atoms with E-state index < -0.39 is 11.4 Å². The van der Waals surface area contributed by atoms with Crippen LogP contribution in [0.15, 0.2) is 6.20 Å². The molecule has 1 saturated carbocycles. The second kappa shape index (κ2) is 5.31. The Morgan fingerprint density at radius 1 is 1.33 bits per heavy atom. The van der Waals surface area contributed by atoms with Crippen LogP contribution in [0, 0.1) is 11.3 Å². The van der Waals surface area contributed by atoms with Crippen LogP contribution in [0.5, 0.6) is 0 Å². The summed E-state index contributed by atoms with van der Waals surface area (Å²) >= 11 is 0. The minimum absolute atomic E-state index is 0.0138. The van der Waals surface area contributed by atoms with E-state index in [9.17, 15) is 14.7 Å². The van der Waals surface area contributed by atoms with Crippen LogP contribution >= 0.6 is 0 Å². The van der Waals surface area contributed by atoms with Gasteiger partial charge in [-0.05, 0) is 12.8 Å². The Bertz CT molecular complexity index is 696.